The number of hydrogen-bond donors (Lipinski definition) is 3. The van der Waals surface area contributed by atoms with Gasteiger partial charge in [0.2, 0.25) is 0 Å². The Balaban J connectivity index is 1.39. The van der Waals surface area contributed by atoms with Crippen LogP contribution in [0.25, 0.3) is 0 Å². The van der Waals surface area contributed by atoms with E-state index in [4.69, 9.17) is 14.2 Å². The minimum absolute atomic E-state index is 0.0710. The van der Waals surface area contributed by atoms with E-state index < -0.39 is 46.6 Å². The predicted molar refractivity (Wildman–Crippen MR) is 179 cm³/mol. The summed E-state index contributed by atoms with van der Waals surface area (Å²) in [5.41, 5.74) is -0.304. The van der Waals surface area contributed by atoms with Crippen molar-refractivity contribution in [2.24, 2.45) is 34.0 Å². The van der Waals surface area contributed by atoms with Crippen LogP contribution in [-0.4, -0.2) is 65.7 Å². The van der Waals surface area contributed by atoms with Crippen molar-refractivity contribution in [1.82, 2.24) is 0 Å². The molecule has 3 fully saturated rings. The molecule has 2 aromatic rings. The zero-order valence-electron chi connectivity index (χ0n) is 28.9. The molecule has 3 N–H and O–H groups in total. The Kier molecular flexibility index (Phi) is 8.52. The second-order valence-corrected chi connectivity index (χ2v) is 15.5. The molecule has 1 heterocycles. The van der Waals surface area contributed by atoms with E-state index in [0.29, 0.717) is 13.0 Å². The van der Waals surface area contributed by atoms with Crippen LogP contribution in [-0.2, 0) is 23.8 Å². The number of anilines is 1. The lowest BCUT2D eigenvalue weighted by Crippen LogP contribution is -2.74. The number of ketones is 1. The molecule has 0 spiro atoms. The third-order valence-electron chi connectivity index (χ3n) is 12.9. The molecule has 0 radical (unpaired) electrons. The monoisotopic (exact) mass is 645 g/mol. The molecular formula is C39H51NO7. The summed E-state index contributed by atoms with van der Waals surface area (Å²) in [6.45, 7) is 14.6. The van der Waals surface area contributed by atoms with E-state index in [9.17, 15) is 19.8 Å². The van der Waals surface area contributed by atoms with Gasteiger partial charge in [0.25, 0.3) is 0 Å². The fraction of sp³-hybridized carbons (Fsp3) is 0.590. The molecule has 2 saturated carbocycles. The highest BCUT2D eigenvalue weighted by Crippen LogP contribution is 2.67. The second-order valence-electron chi connectivity index (χ2n) is 15.5. The van der Waals surface area contributed by atoms with Crippen LogP contribution >= 0.6 is 0 Å². The summed E-state index contributed by atoms with van der Waals surface area (Å²) in [6, 6.07) is 17.9. The average Bonchev–Trinajstić information content (AvgIpc) is 3.04. The van der Waals surface area contributed by atoms with Crippen molar-refractivity contribution in [2.45, 2.75) is 97.4 Å². The van der Waals surface area contributed by atoms with Gasteiger partial charge in [0.15, 0.2) is 6.10 Å². The minimum atomic E-state index is -1.54. The number of para-hydroxylation sites is 1. The maximum absolute atomic E-state index is 14.9. The lowest BCUT2D eigenvalue weighted by atomic mass is 9.40. The van der Waals surface area contributed by atoms with Gasteiger partial charge in [-0.1, -0.05) is 83.1 Å². The Morgan fingerprint density at radius 2 is 1.64 bits per heavy atom. The van der Waals surface area contributed by atoms with Gasteiger partial charge >= 0.3 is 5.97 Å². The van der Waals surface area contributed by atoms with Gasteiger partial charge in [-0.15, -0.1) is 0 Å². The molecule has 2 aromatic carbocycles. The van der Waals surface area contributed by atoms with Gasteiger partial charge in [0.1, 0.15) is 11.9 Å². The van der Waals surface area contributed by atoms with Gasteiger partial charge in [-0.3, -0.25) is 4.79 Å². The van der Waals surface area contributed by atoms with Gasteiger partial charge < -0.3 is 29.7 Å². The van der Waals surface area contributed by atoms with Crippen molar-refractivity contribution in [3.05, 3.63) is 77.4 Å². The largest absolute Gasteiger partial charge is 0.456 e. The maximum Gasteiger partial charge on any atom is 0.338 e. The van der Waals surface area contributed by atoms with E-state index in [1.807, 2.05) is 102 Å². The lowest BCUT2D eigenvalue weighted by molar-refractivity contribution is -0.303. The highest BCUT2D eigenvalue weighted by atomic mass is 16.6. The Hall–Kier alpha value is -3.04. The average molecular weight is 646 g/mol. The quantitative estimate of drug-likeness (QED) is 0.252. The standard InChI is InChI=1S/C39H51NO7/c1-22-27(47-35(43)32(41)31(25-15-11-9-12-16-25)40-26-17-13-10-14-18-26)20-39(44)24(3)33-37(6)21-46-28(37)19-29(45-8)38(33,7)34(42)23(2)30(22)36(39,4)5/h9-18,23-24,27-29,31-33,40-41,44H,19-21H2,1-8H3/t23-,24+,27+,28-,29+,31+,32-,33-,37-,38-,39-/m1/s1. The van der Waals surface area contributed by atoms with E-state index in [1.54, 1.807) is 7.11 Å². The van der Waals surface area contributed by atoms with Gasteiger partial charge in [-0.2, -0.15) is 0 Å². The predicted octanol–water partition coefficient (Wildman–Crippen LogP) is 5.89. The smallest absolute Gasteiger partial charge is 0.338 e. The van der Waals surface area contributed by atoms with Gasteiger partial charge in [-0.25, -0.2) is 4.79 Å². The number of carbonyl (C=O) groups excluding carboxylic acids is 2. The van der Waals surface area contributed by atoms with E-state index in [0.717, 1.165) is 22.4 Å². The zero-order valence-corrected chi connectivity index (χ0v) is 28.9. The molecule has 0 unspecified atom stereocenters. The van der Waals surface area contributed by atoms with Crippen LogP contribution in [0.5, 0.6) is 0 Å². The summed E-state index contributed by atoms with van der Waals surface area (Å²) in [7, 11) is 1.66. The summed E-state index contributed by atoms with van der Waals surface area (Å²) < 4.78 is 18.3. The van der Waals surface area contributed by atoms with Crippen LogP contribution in [0.2, 0.25) is 0 Å². The molecule has 8 heteroatoms. The van der Waals surface area contributed by atoms with Crippen LogP contribution in [0, 0.1) is 34.0 Å². The van der Waals surface area contributed by atoms with Crippen molar-refractivity contribution in [3.8, 4) is 0 Å². The maximum atomic E-state index is 14.9. The number of fused-ring (bicyclic) bond motifs is 5. The topological polar surface area (TPSA) is 114 Å². The number of rotatable bonds is 7. The molecule has 47 heavy (non-hydrogen) atoms. The molecule has 1 aliphatic heterocycles. The van der Waals surface area contributed by atoms with Gasteiger partial charge in [0.05, 0.1) is 35.9 Å². The van der Waals surface area contributed by atoms with Crippen molar-refractivity contribution in [1.29, 1.82) is 0 Å². The number of ether oxygens (including phenoxy) is 3. The fourth-order valence-corrected chi connectivity index (χ4v) is 10.5. The first-order chi connectivity index (χ1) is 22.1. The molecule has 2 bridgehead atoms. The third-order valence-corrected chi connectivity index (χ3v) is 12.9. The number of aliphatic hydroxyl groups excluding tert-OH is 1. The highest BCUT2D eigenvalue weighted by Gasteiger charge is 2.72. The fourth-order valence-electron chi connectivity index (χ4n) is 10.5. The van der Waals surface area contributed by atoms with Gasteiger partial charge in [-0.05, 0) is 54.5 Å². The second kappa shape index (κ2) is 11.8. The molecule has 0 amide bonds. The summed E-state index contributed by atoms with van der Waals surface area (Å²) >= 11 is 0. The first-order valence-corrected chi connectivity index (χ1v) is 17.0. The van der Waals surface area contributed by atoms with Crippen LogP contribution in [0.1, 0.15) is 72.9 Å². The van der Waals surface area contributed by atoms with E-state index in [2.05, 4.69) is 12.2 Å². The molecule has 1 saturated heterocycles. The van der Waals surface area contributed by atoms with E-state index in [-0.39, 0.29) is 41.7 Å². The normalized spacial score (nSPS) is 38.9. The molecule has 8 nitrogen and oxygen atoms in total. The molecule has 6 rings (SSSR count). The first-order valence-electron chi connectivity index (χ1n) is 17.0. The van der Waals surface area contributed by atoms with Crippen LogP contribution < -0.4 is 5.32 Å². The van der Waals surface area contributed by atoms with E-state index in [1.165, 1.54) is 0 Å². The minimum Gasteiger partial charge on any atom is -0.456 e. The van der Waals surface area contributed by atoms with Crippen molar-refractivity contribution in [3.63, 3.8) is 0 Å². The Labute approximate surface area is 278 Å². The molecule has 4 aliphatic rings. The molecule has 11 atom stereocenters. The number of benzene rings is 2. The summed E-state index contributed by atoms with van der Waals surface area (Å²) in [4.78, 5) is 28.8. The lowest BCUT2D eigenvalue weighted by Gasteiger charge is -2.69. The Morgan fingerprint density at radius 1 is 1.02 bits per heavy atom. The van der Waals surface area contributed by atoms with E-state index >= 15 is 0 Å². The molecular weight excluding hydrogens is 594 g/mol. The SMILES string of the molecule is CO[C@H]1C[C@H]2OC[C@@]2(C)[C@H]2[C@H](C)[C@]3(O)C[C@H](OC(=O)[C@H](O)[C@@H](Nc4ccccc4)c4ccccc4)C(C)=C([C@@H](C)C(=O)[C@]12C)C3(C)C. The molecule has 254 valence electrons. The van der Waals surface area contributed by atoms with Crippen molar-refractivity contribution < 1.29 is 34.0 Å². The number of aliphatic hydroxyl groups is 2. The molecule has 3 aliphatic carbocycles. The summed E-state index contributed by atoms with van der Waals surface area (Å²) in [6.07, 6.45) is -2.03. The van der Waals surface area contributed by atoms with Gasteiger partial charge in [0, 0.05) is 42.4 Å². The van der Waals surface area contributed by atoms with Crippen molar-refractivity contribution >= 4 is 17.4 Å². The van der Waals surface area contributed by atoms with Crippen LogP contribution in [0.3, 0.4) is 0 Å². The Morgan fingerprint density at radius 3 is 2.21 bits per heavy atom. The molecule has 0 aromatic heterocycles. The number of esters is 1. The number of hydrogen-bond acceptors (Lipinski definition) is 8. The highest BCUT2D eigenvalue weighted by molar-refractivity contribution is 5.91. The summed E-state index contributed by atoms with van der Waals surface area (Å²) in [5, 5.41) is 28.0. The van der Waals surface area contributed by atoms with Crippen LogP contribution in [0.15, 0.2) is 71.8 Å². The summed E-state index contributed by atoms with van der Waals surface area (Å²) in [5.74, 6) is -1.89. The zero-order chi connectivity index (χ0) is 34.1. The number of nitrogens with one attached hydrogen (secondary N) is 1. The van der Waals surface area contributed by atoms with Crippen LogP contribution in [0.4, 0.5) is 5.69 Å². The number of carbonyl (C=O) groups is 2. The third kappa shape index (κ3) is 4.93. The number of Topliss-reactive ketones (excluding diaryl/α,β-unsaturated/α-hetero) is 1. The first kappa shape index (κ1) is 33.8. The van der Waals surface area contributed by atoms with Crippen molar-refractivity contribution in [2.75, 3.05) is 19.0 Å². The Bertz CT molecular complexity index is 1540. The number of methoxy groups -OCH3 is 1.